The Morgan fingerprint density at radius 3 is 2.62 bits per heavy atom. The van der Waals surface area contributed by atoms with Crippen molar-refractivity contribution in [3.63, 3.8) is 0 Å². The highest BCUT2D eigenvalue weighted by Gasteiger charge is 2.24. The van der Waals surface area contributed by atoms with Crippen molar-refractivity contribution in [2.45, 2.75) is 25.5 Å². The second-order valence-electron chi connectivity index (χ2n) is 2.82. The zero-order valence-electron chi connectivity index (χ0n) is 7.48. The number of aromatic amines is 1. The van der Waals surface area contributed by atoms with Crippen molar-refractivity contribution in [2.24, 2.45) is 0 Å². The van der Waals surface area contributed by atoms with Crippen LogP contribution in [0.1, 0.15) is 30.1 Å². The third-order valence-electron chi connectivity index (χ3n) is 1.79. The summed E-state index contributed by atoms with van der Waals surface area (Å²) in [6.07, 6.45) is 1.81. The van der Waals surface area contributed by atoms with Gasteiger partial charge in [-0.05, 0) is 13.3 Å². The Balaban J connectivity index is 3.05. The first-order chi connectivity index (χ1) is 5.95. The lowest BCUT2D eigenvalue weighted by Crippen LogP contribution is -2.11. The quantitative estimate of drug-likeness (QED) is 0.721. The minimum atomic E-state index is -4.04. The Morgan fingerprint density at radius 1 is 1.69 bits per heavy atom. The minimum Gasteiger partial charge on any atom is -0.349 e. The van der Waals surface area contributed by atoms with E-state index in [0.29, 0.717) is 17.9 Å². The average molecular weight is 204 g/mol. The Hall–Kier alpha value is -0.880. The molecule has 1 aromatic rings. The Labute approximate surface area is 76.9 Å². The second kappa shape index (κ2) is 3.47. The smallest absolute Gasteiger partial charge is 0.273 e. The van der Waals surface area contributed by atoms with Gasteiger partial charge in [-0.15, -0.1) is 0 Å². The fraction of sp³-hybridized carbons (Fsp3) is 0.571. The number of nitrogens with zero attached hydrogens (tertiary/aromatic N) is 1. The predicted molar refractivity (Wildman–Crippen MR) is 47.9 cm³/mol. The van der Waals surface area contributed by atoms with E-state index in [4.69, 9.17) is 4.55 Å². The summed E-state index contributed by atoms with van der Waals surface area (Å²) in [6, 6.07) is 0. The van der Waals surface area contributed by atoms with E-state index in [1.165, 1.54) is 6.20 Å². The van der Waals surface area contributed by atoms with Crippen LogP contribution in [0, 0.1) is 6.92 Å². The SMILES string of the molecule is CCC(c1c[nH]c(C)n1)S(=O)(=O)O. The molecule has 0 saturated heterocycles. The molecule has 0 aliphatic heterocycles. The number of nitrogens with one attached hydrogen (secondary N) is 1. The van der Waals surface area contributed by atoms with Crippen LogP contribution in [-0.2, 0) is 10.1 Å². The molecule has 5 nitrogen and oxygen atoms in total. The van der Waals surface area contributed by atoms with E-state index in [1.54, 1.807) is 13.8 Å². The predicted octanol–water partition coefficient (Wildman–Crippen LogP) is 1.06. The highest BCUT2D eigenvalue weighted by Crippen LogP contribution is 2.22. The van der Waals surface area contributed by atoms with Gasteiger partial charge in [0.25, 0.3) is 10.1 Å². The molecule has 1 aromatic heterocycles. The molecule has 0 aliphatic rings. The van der Waals surface area contributed by atoms with Crippen LogP contribution in [0.25, 0.3) is 0 Å². The first-order valence-corrected chi connectivity index (χ1v) is 5.43. The molecular weight excluding hydrogens is 192 g/mol. The largest absolute Gasteiger partial charge is 0.349 e. The Kier molecular flexibility index (Phi) is 2.72. The van der Waals surface area contributed by atoms with Crippen LogP contribution in [0.4, 0.5) is 0 Å². The summed E-state index contributed by atoms with van der Waals surface area (Å²) in [4.78, 5) is 6.72. The van der Waals surface area contributed by atoms with Gasteiger partial charge < -0.3 is 4.98 Å². The minimum absolute atomic E-state index is 0.309. The first-order valence-electron chi connectivity index (χ1n) is 3.93. The summed E-state index contributed by atoms with van der Waals surface area (Å²) in [7, 11) is -4.04. The van der Waals surface area contributed by atoms with Gasteiger partial charge in [-0.25, -0.2) is 4.98 Å². The van der Waals surface area contributed by atoms with Crippen molar-refractivity contribution >= 4 is 10.1 Å². The zero-order valence-corrected chi connectivity index (χ0v) is 8.30. The molecule has 0 bridgehead atoms. The molecule has 0 fully saturated rings. The number of hydrogen-bond acceptors (Lipinski definition) is 3. The summed E-state index contributed by atoms with van der Waals surface area (Å²) in [5, 5.41) is -0.919. The molecule has 0 aromatic carbocycles. The fourth-order valence-electron chi connectivity index (χ4n) is 1.17. The molecule has 13 heavy (non-hydrogen) atoms. The Bertz CT molecular complexity index is 382. The molecule has 74 valence electrons. The van der Waals surface area contributed by atoms with Crippen molar-refractivity contribution in [3.05, 3.63) is 17.7 Å². The average Bonchev–Trinajstić information content (AvgIpc) is 2.34. The maximum Gasteiger partial charge on any atom is 0.273 e. The number of aromatic nitrogens is 2. The monoisotopic (exact) mass is 204 g/mol. The third kappa shape index (κ3) is 2.28. The van der Waals surface area contributed by atoms with Crippen LogP contribution < -0.4 is 0 Å². The maximum atomic E-state index is 10.9. The van der Waals surface area contributed by atoms with E-state index in [0.717, 1.165) is 0 Å². The van der Waals surface area contributed by atoms with Crippen LogP contribution in [0.5, 0.6) is 0 Å². The van der Waals surface area contributed by atoms with E-state index < -0.39 is 15.4 Å². The van der Waals surface area contributed by atoms with Gasteiger partial charge >= 0.3 is 0 Å². The van der Waals surface area contributed by atoms with Crippen LogP contribution in [-0.4, -0.2) is 22.9 Å². The van der Waals surface area contributed by atoms with E-state index in [-0.39, 0.29) is 0 Å². The fourth-order valence-corrected chi connectivity index (χ4v) is 2.02. The van der Waals surface area contributed by atoms with Crippen molar-refractivity contribution in [3.8, 4) is 0 Å². The van der Waals surface area contributed by atoms with Gasteiger partial charge in [-0.3, -0.25) is 4.55 Å². The zero-order chi connectivity index (χ0) is 10.1. The van der Waals surface area contributed by atoms with Crippen molar-refractivity contribution in [2.75, 3.05) is 0 Å². The molecule has 1 unspecified atom stereocenters. The highest BCUT2D eigenvalue weighted by atomic mass is 32.2. The van der Waals surface area contributed by atoms with Gasteiger partial charge in [0.05, 0.1) is 5.69 Å². The van der Waals surface area contributed by atoms with E-state index in [2.05, 4.69) is 9.97 Å². The van der Waals surface area contributed by atoms with Crippen molar-refractivity contribution in [1.29, 1.82) is 0 Å². The van der Waals surface area contributed by atoms with Crippen molar-refractivity contribution < 1.29 is 13.0 Å². The van der Waals surface area contributed by atoms with Gasteiger partial charge in [0.2, 0.25) is 0 Å². The van der Waals surface area contributed by atoms with E-state index in [9.17, 15) is 8.42 Å². The number of H-pyrrole nitrogens is 1. The molecular formula is C7H12N2O3S. The van der Waals surface area contributed by atoms with Crippen LogP contribution >= 0.6 is 0 Å². The molecule has 0 aliphatic carbocycles. The van der Waals surface area contributed by atoms with Crippen LogP contribution in [0.3, 0.4) is 0 Å². The van der Waals surface area contributed by atoms with Gasteiger partial charge in [0.15, 0.2) is 0 Å². The molecule has 1 rings (SSSR count). The van der Waals surface area contributed by atoms with E-state index >= 15 is 0 Å². The lowest BCUT2D eigenvalue weighted by atomic mass is 10.3. The highest BCUT2D eigenvalue weighted by molar-refractivity contribution is 7.86. The number of imidazole rings is 1. The molecule has 0 saturated carbocycles. The standard InChI is InChI=1S/C7H12N2O3S/c1-3-7(13(10,11)12)6-4-8-5(2)9-6/h4,7H,3H2,1-2H3,(H,8,9)(H,10,11,12). The second-order valence-corrected chi connectivity index (χ2v) is 4.42. The summed E-state index contributed by atoms with van der Waals surface area (Å²) in [5.41, 5.74) is 0.363. The third-order valence-corrected chi connectivity index (χ3v) is 3.08. The molecule has 1 heterocycles. The molecule has 1 atom stereocenters. The van der Waals surface area contributed by atoms with Gasteiger partial charge in [-0.1, -0.05) is 6.92 Å². The topological polar surface area (TPSA) is 83.0 Å². The van der Waals surface area contributed by atoms with Gasteiger partial charge in [0.1, 0.15) is 11.1 Å². The molecule has 0 amide bonds. The number of aryl methyl sites for hydroxylation is 1. The first kappa shape index (κ1) is 10.2. The molecule has 6 heteroatoms. The normalized spacial score (nSPS) is 14.4. The van der Waals surface area contributed by atoms with Gasteiger partial charge in [-0.2, -0.15) is 8.42 Å². The van der Waals surface area contributed by atoms with Crippen molar-refractivity contribution in [1.82, 2.24) is 9.97 Å². The maximum absolute atomic E-state index is 10.9. The molecule has 0 spiro atoms. The van der Waals surface area contributed by atoms with Crippen LogP contribution in [0.2, 0.25) is 0 Å². The summed E-state index contributed by atoms with van der Waals surface area (Å²) < 4.78 is 30.6. The number of rotatable bonds is 3. The van der Waals surface area contributed by atoms with Gasteiger partial charge in [0, 0.05) is 6.20 Å². The summed E-state index contributed by atoms with van der Waals surface area (Å²) in [6.45, 7) is 3.41. The Morgan fingerprint density at radius 2 is 2.31 bits per heavy atom. The summed E-state index contributed by atoms with van der Waals surface area (Å²) in [5.74, 6) is 0.636. The molecule has 0 radical (unpaired) electrons. The lowest BCUT2D eigenvalue weighted by Gasteiger charge is -2.06. The van der Waals surface area contributed by atoms with Crippen LogP contribution in [0.15, 0.2) is 6.20 Å². The lowest BCUT2D eigenvalue weighted by molar-refractivity contribution is 0.465. The summed E-state index contributed by atoms with van der Waals surface area (Å²) >= 11 is 0. The number of hydrogen-bond donors (Lipinski definition) is 2. The molecule has 2 N–H and O–H groups in total. The van der Waals surface area contributed by atoms with E-state index in [1.807, 2.05) is 0 Å².